The summed E-state index contributed by atoms with van der Waals surface area (Å²) in [6.07, 6.45) is -14.6. The van der Waals surface area contributed by atoms with E-state index >= 15 is 0 Å². The summed E-state index contributed by atoms with van der Waals surface area (Å²) in [4.78, 5) is 83.9. The van der Waals surface area contributed by atoms with E-state index in [9.17, 15) is 46.7 Å². The fraction of sp³-hybridized carbons (Fsp3) is 0.682. The topological polar surface area (TPSA) is 196 Å². The number of nitrogens with one attached hydrogen (secondary N) is 1. The molecule has 1 rings (SSSR count). The maximum Gasteiger partial charge on any atom is 0.471 e. The molecule has 15 nitrogen and oxygen atoms in total. The predicted octanol–water partition coefficient (Wildman–Crippen LogP) is -0.387. The normalized spacial score (nSPS) is 23.9. The van der Waals surface area contributed by atoms with E-state index in [1.165, 1.54) is 0 Å². The van der Waals surface area contributed by atoms with Crippen LogP contribution in [0.5, 0.6) is 0 Å². The molecule has 0 saturated carbocycles. The number of methoxy groups -OCH3 is 1. The number of hydrogen-bond acceptors (Lipinski definition) is 14. The molecule has 0 aliphatic carbocycles. The number of hydrogen-bond donors (Lipinski definition) is 1. The van der Waals surface area contributed by atoms with Crippen molar-refractivity contribution in [1.29, 1.82) is 0 Å². The SMILES string of the molecule is COC(=O)[C@]1(OC(C)=O)C[C@H](OC(C)=O)[C@@H](NC(=O)C(F)(F)F)[C@H]([C@H](OC(C)=O)[C@@H](COC(C)=O)OC(C)=O)O1. The van der Waals surface area contributed by atoms with Crippen LogP contribution in [0.3, 0.4) is 0 Å². The molecule has 18 heteroatoms. The molecule has 1 saturated heterocycles. The standard InChI is InChI=1S/C22H28F3NO14/c1-9(27)35-8-15(37-11(3)29)17(38-12(4)30)18-16(26-19(32)22(23,24)25)14(36-10(2)28)7-21(40-18,20(33)34-6)39-13(5)31/h14-18H,7-8H2,1-6H3,(H,26,32)/t14-,15+,16+,17+,18+,21-/m0/s1. The monoisotopic (exact) mass is 587 g/mol. The van der Waals surface area contributed by atoms with Crippen molar-refractivity contribution < 1.29 is 79.9 Å². The molecule has 1 heterocycles. The number of rotatable bonds is 10. The van der Waals surface area contributed by atoms with E-state index in [1.807, 2.05) is 0 Å². The van der Waals surface area contributed by atoms with E-state index in [0.29, 0.717) is 0 Å². The third-order valence-corrected chi connectivity index (χ3v) is 4.99. The largest absolute Gasteiger partial charge is 0.471 e. The number of amides is 1. The second-order valence-corrected chi connectivity index (χ2v) is 8.29. The summed E-state index contributed by atoms with van der Waals surface area (Å²) in [7, 11) is 0.830. The fourth-order valence-corrected chi connectivity index (χ4v) is 3.73. The summed E-state index contributed by atoms with van der Waals surface area (Å²) >= 11 is 0. The maximum atomic E-state index is 13.3. The van der Waals surface area contributed by atoms with Crippen LogP contribution >= 0.6 is 0 Å². The van der Waals surface area contributed by atoms with Gasteiger partial charge in [0, 0.05) is 34.6 Å². The van der Waals surface area contributed by atoms with Crippen LogP contribution in [0, 0.1) is 0 Å². The van der Waals surface area contributed by atoms with Crippen LogP contribution in [-0.2, 0) is 66.7 Å². The third-order valence-electron chi connectivity index (χ3n) is 4.99. The molecular weight excluding hydrogens is 559 g/mol. The van der Waals surface area contributed by atoms with Gasteiger partial charge in [0.15, 0.2) is 12.2 Å². The molecule has 1 N–H and O–H groups in total. The zero-order valence-electron chi connectivity index (χ0n) is 22.2. The molecule has 1 aliphatic rings. The molecule has 40 heavy (non-hydrogen) atoms. The molecule has 6 atom stereocenters. The van der Waals surface area contributed by atoms with Gasteiger partial charge in [-0.25, -0.2) is 4.79 Å². The summed E-state index contributed by atoms with van der Waals surface area (Å²) in [5, 5.41) is 1.54. The quantitative estimate of drug-likeness (QED) is 0.256. The van der Waals surface area contributed by atoms with Crippen molar-refractivity contribution in [2.24, 2.45) is 0 Å². The number of carbonyl (C=O) groups excluding carboxylic acids is 7. The van der Waals surface area contributed by atoms with Gasteiger partial charge in [0.25, 0.3) is 0 Å². The highest BCUT2D eigenvalue weighted by atomic mass is 19.4. The van der Waals surface area contributed by atoms with E-state index in [4.69, 9.17) is 28.4 Å². The van der Waals surface area contributed by atoms with Crippen molar-refractivity contribution >= 4 is 41.7 Å². The average molecular weight is 587 g/mol. The first-order valence-corrected chi connectivity index (χ1v) is 11.3. The van der Waals surface area contributed by atoms with E-state index in [0.717, 1.165) is 41.7 Å². The smallest absolute Gasteiger partial charge is 0.464 e. The Bertz CT molecular complexity index is 1020. The minimum absolute atomic E-state index is 0.827. The molecule has 1 aliphatic heterocycles. The van der Waals surface area contributed by atoms with Gasteiger partial charge >= 0.3 is 53.7 Å². The first-order chi connectivity index (χ1) is 18.3. The molecular formula is C22H28F3NO14. The Kier molecular flexibility index (Phi) is 11.8. The average Bonchev–Trinajstić information content (AvgIpc) is 2.79. The van der Waals surface area contributed by atoms with Gasteiger partial charge in [-0.2, -0.15) is 13.2 Å². The second kappa shape index (κ2) is 13.9. The molecule has 226 valence electrons. The lowest BCUT2D eigenvalue weighted by Gasteiger charge is -2.48. The molecule has 1 amide bonds. The predicted molar refractivity (Wildman–Crippen MR) is 117 cm³/mol. The van der Waals surface area contributed by atoms with Crippen LogP contribution in [0.1, 0.15) is 41.0 Å². The van der Waals surface area contributed by atoms with Crippen LogP contribution in [0.25, 0.3) is 0 Å². The van der Waals surface area contributed by atoms with Gasteiger partial charge in [-0.1, -0.05) is 0 Å². The van der Waals surface area contributed by atoms with Gasteiger partial charge in [0.2, 0.25) is 0 Å². The first kappa shape index (κ1) is 34.1. The van der Waals surface area contributed by atoms with Crippen molar-refractivity contribution in [2.45, 2.75) is 83.5 Å². The number of carbonyl (C=O) groups is 7. The van der Waals surface area contributed by atoms with E-state index in [2.05, 4.69) is 4.74 Å². The summed E-state index contributed by atoms with van der Waals surface area (Å²) in [6, 6.07) is -2.11. The van der Waals surface area contributed by atoms with Gasteiger partial charge < -0.3 is 38.5 Å². The summed E-state index contributed by atoms with van der Waals surface area (Å²) < 4.78 is 75.1. The Morgan fingerprint density at radius 3 is 1.90 bits per heavy atom. The summed E-state index contributed by atoms with van der Waals surface area (Å²) in [5.74, 6) is -12.3. The molecule has 0 radical (unpaired) electrons. The molecule has 0 aromatic rings. The van der Waals surface area contributed by atoms with Crippen LogP contribution in [0.15, 0.2) is 0 Å². The Balaban J connectivity index is 3.94. The third kappa shape index (κ3) is 9.65. The highest BCUT2D eigenvalue weighted by Crippen LogP contribution is 2.37. The highest BCUT2D eigenvalue weighted by Gasteiger charge is 2.61. The van der Waals surface area contributed by atoms with Gasteiger partial charge in [0.05, 0.1) is 19.6 Å². The van der Waals surface area contributed by atoms with Gasteiger partial charge in [-0.15, -0.1) is 0 Å². The van der Waals surface area contributed by atoms with Gasteiger partial charge in [-0.3, -0.25) is 28.8 Å². The molecule has 0 spiro atoms. The van der Waals surface area contributed by atoms with Crippen LogP contribution < -0.4 is 5.32 Å². The molecule has 0 aromatic carbocycles. The van der Waals surface area contributed by atoms with Crippen LogP contribution in [-0.4, -0.2) is 97.9 Å². The number of halogens is 3. The minimum atomic E-state index is -5.50. The van der Waals surface area contributed by atoms with Crippen molar-refractivity contribution in [3.8, 4) is 0 Å². The van der Waals surface area contributed by atoms with E-state index in [-0.39, 0.29) is 0 Å². The van der Waals surface area contributed by atoms with Crippen molar-refractivity contribution in [2.75, 3.05) is 13.7 Å². The van der Waals surface area contributed by atoms with E-state index in [1.54, 1.807) is 5.32 Å². The Morgan fingerprint density at radius 2 is 1.48 bits per heavy atom. The minimum Gasteiger partial charge on any atom is -0.464 e. The molecule has 0 bridgehead atoms. The molecule has 1 fully saturated rings. The Morgan fingerprint density at radius 1 is 0.900 bits per heavy atom. The van der Waals surface area contributed by atoms with Crippen molar-refractivity contribution in [3.63, 3.8) is 0 Å². The lowest BCUT2D eigenvalue weighted by molar-refractivity contribution is -0.304. The molecule has 0 aromatic heterocycles. The van der Waals surface area contributed by atoms with Crippen molar-refractivity contribution in [1.82, 2.24) is 5.32 Å². The highest BCUT2D eigenvalue weighted by molar-refractivity contribution is 5.83. The number of esters is 6. The Labute approximate surface area is 224 Å². The van der Waals surface area contributed by atoms with Gasteiger partial charge in [-0.05, 0) is 0 Å². The van der Waals surface area contributed by atoms with Crippen LogP contribution in [0.2, 0.25) is 0 Å². The zero-order chi connectivity index (χ0) is 31.0. The fourth-order valence-electron chi connectivity index (χ4n) is 3.73. The number of alkyl halides is 3. The first-order valence-electron chi connectivity index (χ1n) is 11.3. The summed E-state index contributed by atoms with van der Waals surface area (Å²) in [6.45, 7) is 3.46. The van der Waals surface area contributed by atoms with Crippen molar-refractivity contribution in [3.05, 3.63) is 0 Å². The van der Waals surface area contributed by atoms with E-state index < -0.39 is 97.2 Å². The van der Waals surface area contributed by atoms with Gasteiger partial charge in [0.1, 0.15) is 18.8 Å². The summed E-state index contributed by atoms with van der Waals surface area (Å²) in [5.41, 5.74) is 0. The van der Waals surface area contributed by atoms with Crippen LogP contribution in [0.4, 0.5) is 13.2 Å². The second-order valence-electron chi connectivity index (χ2n) is 8.29. The number of ether oxygens (including phenoxy) is 7. The molecule has 0 unspecified atom stereocenters. The lowest BCUT2D eigenvalue weighted by Crippen LogP contribution is -2.70. The lowest BCUT2D eigenvalue weighted by atomic mass is 9.88. The zero-order valence-corrected chi connectivity index (χ0v) is 22.2. The Hall–Kier alpha value is -3.96. The maximum absolute atomic E-state index is 13.3.